The zero-order valence-electron chi connectivity index (χ0n) is 21.2. The number of aryl methyl sites for hydroxylation is 2. The second-order valence-electron chi connectivity index (χ2n) is 11.2. The first kappa shape index (κ1) is 21.4. The summed E-state index contributed by atoms with van der Waals surface area (Å²) in [5, 5.41) is 2.75. The lowest BCUT2D eigenvalue weighted by molar-refractivity contribution is -0.617. The molecule has 0 amide bonds. The molecular formula is C32H36N3+. The number of pyridine rings is 2. The molecule has 2 fully saturated rings. The van der Waals surface area contributed by atoms with Gasteiger partial charge in [-0.15, -0.1) is 0 Å². The molecule has 5 aromatic rings. The van der Waals surface area contributed by atoms with Gasteiger partial charge >= 0.3 is 0 Å². The molecule has 0 saturated heterocycles. The maximum atomic E-state index is 5.15. The van der Waals surface area contributed by atoms with Crippen molar-refractivity contribution in [2.24, 2.45) is 7.05 Å². The highest BCUT2D eigenvalue weighted by atomic mass is 15.1. The van der Waals surface area contributed by atoms with Crippen molar-refractivity contribution in [3.63, 3.8) is 0 Å². The molecule has 7 rings (SSSR count). The molecule has 3 heteroatoms. The second kappa shape index (κ2) is 8.33. The topological polar surface area (TPSA) is 21.2 Å². The van der Waals surface area contributed by atoms with E-state index in [1.54, 1.807) is 11.1 Å². The number of para-hydroxylation sites is 2. The van der Waals surface area contributed by atoms with E-state index in [-0.39, 0.29) is 0 Å². The number of imidazole rings is 1. The van der Waals surface area contributed by atoms with E-state index in [0.717, 1.165) is 0 Å². The van der Waals surface area contributed by atoms with Crippen molar-refractivity contribution < 1.29 is 4.57 Å². The lowest BCUT2D eigenvalue weighted by atomic mass is 9.78. The van der Waals surface area contributed by atoms with Gasteiger partial charge in [0.2, 0.25) is 0 Å². The Morgan fingerprint density at radius 3 is 2.17 bits per heavy atom. The SMILES string of the molecule is Cc1ccnc2c3c(C4CCCCC4)ccc(C4CCCCC4)c3n3c4ccccc4[n+](C)c3c12. The predicted molar refractivity (Wildman–Crippen MR) is 145 cm³/mol. The van der Waals surface area contributed by atoms with Gasteiger partial charge in [0.1, 0.15) is 5.52 Å². The van der Waals surface area contributed by atoms with E-state index in [2.05, 4.69) is 65.4 Å². The zero-order valence-corrected chi connectivity index (χ0v) is 21.2. The Bertz CT molecular complexity index is 1580. The minimum absolute atomic E-state index is 0.642. The van der Waals surface area contributed by atoms with Crippen LogP contribution in [0.15, 0.2) is 48.7 Å². The number of rotatable bonds is 2. The van der Waals surface area contributed by atoms with Crippen LogP contribution in [0.5, 0.6) is 0 Å². The molecule has 0 spiro atoms. The minimum atomic E-state index is 0.642. The molecule has 2 saturated carbocycles. The third-order valence-electron chi connectivity index (χ3n) is 9.19. The number of nitrogens with zero attached hydrogens (tertiary/aromatic N) is 3. The maximum Gasteiger partial charge on any atom is 0.297 e. The fourth-order valence-electron chi connectivity index (χ4n) is 7.46. The highest BCUT2D eigenvalue weighted by molar-refractivity contribution is 6.14. The molecule has 0 N–H and O–H groups in total. The third-order valence-corrected chi connectivity index (χ3v) is 9.19. The molecular weight excluding hydrogens is 426 g/mol. The monoisotopic (exact) mass is 462 g/mol. The molecule has 178 valence electrons. The third kappa shape index (κ3) is 3.16. The van der Waals surface area contributed by atoms with Crippen molar-refractivity contribution in [1.29, 1.82) is 0 Å². The lowest BCUT2D eigenvalue weighted by Crippen LogP contribution is -2.27. The van der Waals surface area contributed by atoms with Crippen LogP contribution in [0.3, 0.4) is 0 Å². The average molecular weight is 463 g/mol. The average Bonchev–Trinajstić information content (AvgIpc) is 3.21. The van der Waals surface area contributed by atoms with E-state index in [0.29, 0.717) is 11.8 Å². The van der Waals surface area contributed by atoms with E-state index in [9.17, 15) is 0 Å². The zero-order chi connectivity index (χ0) is 23.5. The highest BCUT2D eigenvalue weighted by Crippen LogP contribution is 2.45. The van der Waals surface area contributed by atoms with Crippen LogP contribution in [-0.2, 0) is 7.05 Å². The van der Waals surface area contributed by atoms with Gasteiger partial charge in [-0.25, -0.2) is 4.57 Å². The van der Waals surface area contributed by atoms with Crippen LogP contribution in [0.4, 0.5) is 0 Å². The summed E-state index contributed by atoms with van der Waals surface area (Å²) in [5.74, 6) is 1.29. The van der Waals surface area contributed by atoms with Gasteiger partial charge in [0, 0.05) is 11.8 Å². The fraction of sp³-hybridized carbons (Fsp3) is 0.438. The van der Waals surface area contributed by atoms with Crippen molar-refractivity contribution in [2.75, 3.05) is 0 Å². The maximum absolute atomic E-state index is 5.15. The number of fused-ring (bicyclic) bond motifs is 8. The smallest absolute Gasteiger partial charge is 0.255 e. The van der Waals surface area contributed by atoms with Crippen LogP contribution in [-0.4, -0.2) is 9.38 Å². The summed E-state index contributed by atoms with van der Waals surface area (Å²) in [6, 6.07) is 16.2. The summed E-state index contributed by atoms with van der Waals surface area (Å²) in [6.45, 7) is 2.26. The number of benzene rings is 2. The first-order chi connectivity index (χ1) is 17.2. The van der Waals surface area contributed by atoms with Gasteiger partial charge in [-0.2, -0.15) is 4.40 Å². The molecule has 35 heavy (non-hydrogen) atoms. The Morgan fingerprint density at radius 1 is 0.771 bits per heavy atom. The van der Waals surface area contributed by atoms with Crippen molar-refractivity contribution in [1.82, 2.24) is 9.38 Å². The molecule has 0 radical (unpaired) electrons. The second-order valence-corrected chi connectivity index (χ2v) is 11.2. The molecule has 3 heterocycles. The van der Waals surface area contributed by atoms with E-state index in [1.807, 2.05) is 6.20 Å². The molecule has 0 atom stereocenters. The summed E-state index contributed by atoms with van der Waals surface area (Å²) >= 11 is 0. The Morgan fingerprint density at radius 2 is 1.43 bits per heavy atom. The van der Waals surface area contributed by atoms with E-state index in [4.69, 9.17) is 4.98 Å². The van der Waals surface area contributed by atoms with E-state index >= 15 is 0 Å². The summed E-state index contributed by atoms with van der Waals surface area (Å²) in [4.78, 5) is 5.15. The Hall–Kier alpha value is -2.94. The van der Waals surface area contributed by atoms with Gasteiger partial charge in [-0.05, 0) is 73.8 Å². The van der Waals surface area contributed by atoms with Crippen LogP contribution >= 0.6 is 0 Å². The Balaban J connectivity index is 1.73. The van der Waals surface area contributed by atoms with Crippen LogP contribution in [0.1, 0.15) is 92.7 Å². The molecule has 2 aliphatic rings. The summed E-state index contributed by atoms with van der Waals surface area (Å²) in [5.41, 5.74) is 11.0. The van der Waals surface area contributed by atoms with Gasteiger partial charge in [-0.3, -0.25) is 4.98 Å². The van der Waals surface area contributed by atoms with Crippen molar-refractivity contribution >= 4 is 38.5 Å². The lowest BCUT2D eigenvalue weighted by Gasteiger charge is -2.27. The van der Waals surface area contributed by atoms with Gasteiger partial charge in [-0.1, -0.05) is 62.8 Å². The minimum Gasteiger partial charge on any atom is -0.255 e. The predicted octanol–water partition coefficient (Wildman–Crippen LogP) is 8.02. The quantitative estimate of drug-likeness (QED) is 0.192. The molecule has 0 unspecified atom stereocenters. The van der Waals surface area contributed by atoms with Crippen LogP contribution in [0.25, 0.3) is 38.5 Å². The number of aromatic nitrogens is 3. The van der Waals surface area contributed by atoms with Crippen LogP contribution in [0, 0.1) is 6.92 Å². The Kier molecular flexibility index (Phi) is 5.08. The van der Waals surface area contributed by atoms with Crippen LogP contribution in [0.2, 0.25) is 0 Å². The summed E-state index contributed by atoms with van der Waals surface area (Å²) < 4.78 is 5.03. The molecule has 3 aromatic heterocycles. The normalized spacial score (nSPS) is 18.3. The number of hydrogen-bond acceptors (Lipinski definition) is 1. The fourth-order valence-corrected chi connectivity index (χ4v) is 7.46. The van der Waals surface area contributed by atoms with Crippen molar-refractivity contribution in [3.8, 4) is 0 Å². The van der Waals surface area contributed by atoms with Gasteiger partial charge in [0.15, 0.2) is 11.0 Å². The van der Waals surface area contributed by atoms with Crippen molar-refractivity contribution in [3.05, 3.63) is 65.4 Å². The van der Waals surface area contributed by atoms with Crippen LogP contribution < -0.4 is 4.57 Å². The molecule has 0 bridgehead atoms. The summed E-state index contributed by atoms with van der Waals surface area (Å²) in [7, 11) is 2.24. The first-order valence-corrected chi connectivity index (χ1v) is 13.9. The number of hydrogen-bond donors (Lipinski definition) is 0. The molecule has 3 nitrogen and oxygen atoms in total. The van der Waals surface area contributed by atoms with E-state index < -0.39 is 0 Å². The van der Waals surface area contributed by atoms with Gasteiger partial charge in [0.25, 0.3) is 5.65 Å². The van der Waals surface area contributed by atoms with Gasteiger partial charge in [0.05, 0.1) is 23.3 Å². The summed E-state index contributed by atoms with van der Waals surface area (Å²) in [6.07, 6.45) is 15.4. The first-order valence-electron chi connectivity index (χ1n) is 13.9. The van der Waals surface area contributed by atoms with Crippen molar-refractivity contribution in [2.45, 2.75) is 83.0 Å². The Labute approximate surface area is 207 Å². The van der Waals surface area contributed by atoms with E-state index in [1.165, 1.54) is 108 Å². The molecule has 0 aliphatic heterocycles. The highest BCUT2D eigenvalue weighted by Gasteiger charge is 2.31. The standard InChI is InChI=1S/C32H36N3/c1-21-19-20-33-30-28(21)32-34(2)26-15-9-10-16-27(26)35(32)31-25(23-13-7-4-8-14-23)18-17-24(29(30)31)22-11-5-3-6-12-22/h9-10,15-20,22-23H,3-8,11-14H2,1-2H3/q+1. The largest absolute Gasteiger partial charge is 0.297 e. The van der Waals surface area contributed by atoms with Gasteiger partial charge < -0.3 is 0 Å². The molecule has 2 aliphatic carbocycles. The molecule has 2 aromatic carbocycles.